The highest BCUT2D eigenvalue weighted by atomic mass is 31.2. The molecule has 0 aliphatic rings. The van der Waals surface area contributed by atoms with E-state index in [-0.39, 0.29) is 25.9 Å². The van der Waals surface area contributed by atoms with Crippen molar-refractivity contribution in [3.05, 3.63) is 36.5 Å². The first-order chi connectivity index (χ1) is 39.2. The van der Waals surface area contributed by atoms with Crippen LogP contribution in [0, 0.1) is 0 Å². The minimum Gasteiger partial charge on any atom is -0.462 e. The molecule has 0 heterocycles. The Balaban J connectivity index is 4.66. The molecule has 470 valence electrons. The van der Waals surface area contributed by atoms with Crippen molar-refractivity contribution in [2.45, 2.75) is 354 Å². The van der Waals surface area contributed by atoms with Crippen LogP contribution in [0.15, 0.2) is 36.5 Å². The van der Waals surface area contributed by atoms with E-state index in [0.29, 0.717) is 19.3 Å². The Hall–Kier alpha value is -2.30. The molecule has 0 amide bonds. The zero-order valence-corrected chi connectivity index (χ0v) is 53.2. The van der Waals surface area contributed by atoms with Gasteiger partial charge in [-0.3, -0.25) is 23.4 Å². The molecule has 3 unspecified atom stereocenters. The van der Waals surface area contributed by atoms with Gasteiger partial charge >= 0.3 is 25.7 Å². The predicted octanol–water partition coefficient (Wildman–Crippen LogP) is 20.7. The fourth-order valence-electron chi connectivity index (χ4n) is 9.86. The quantitative estimate of drug-likeness (QED) is 0.0197. The highest BCUT2D eigenvalue weighted by Gasteiger charge is 2.28. The topological polar surface area (TPSA) is 155 Å². The molecule has 0 aromatic rings. The van der Waals surface area contributed by atoms with Crippen LogP contribution < -0.4 is 0 Å². The van der Waals surface area contributed by atoms with Gasteiger partial charge in [-0.05, 0) is 77.0 Å². The minimum absolute atomic E-state index is 0.172. The van der Waals surface area contributed by atoms with E-state index >= 15 is 0 Å². The SMILES string of the molecule is CCCCC/C=C\C/C=C\CCCCCCCCCC(=O)OCC(COP(=O)(O)OCC(CO)OC(=O)CCCCCCCCC/C=C\CCCCCCCC)OC(=O)CCCCCCCCCCCCCCCCCCCCC. The third kappa shape index (κ3) is 60.3. The van der Waals surface area contributed by atoms with Gasteiger partial charge in [-0.1, -0.05) is 282 Å². The maximum Gasteiger partial charge on any atom is 0.472 e. The maximum atomic E-state index is 13.0. The second kappa shape index (κ2) is 62.7. The van der Waals surface area contributed by atoms with Gasteiger partial charge in [0.05, 0.1) is 19.8 Å². The van der Waals surface area contributed by atoms with E-state index in [9.17, 15) is 28.9 Å². The number of aliphatic hydroxyl groups excluding tert-OH is 1. The lowest BCUT2D eigenvalue weighted by Gasteiger charge is -2.21. The molecule has 0 saturated carbocycles. The van der Waals surface area contributed by atoms with Gasteiger partial charge in [0.15, 0.2) is 6.10 Å². The van der Waals surface area contributed by atoms with Crippen molar-refractivity contribution >= 4 is 25.7 Å². The predicted molar refractivity (Wildman–Crippen MR) is 335 cm³/mol. The standard InChI is InChI=1S/C68H127O11P/c1-4-7-10-13-16-19-22-25-28-31-32-35-38-41-44-47-50-53-56-59-68(72)79-65(61-75-66(70)57-54-51-48-45-42-39-36-33-29-26-23-20-17-14-11-8-5-2)63-77-80(73,74)76-62-64(60-69)78-67(71)58-55-52-49-46-43-40-37-34-30-27-24-21-18-15-12-9-6-3/h17,20,26-27,29-30,64-65,69H,4-16,18-19,21-25,28,31-63H2,1-3H3,(H,73,74)/b20-17-,29-26-,30-27-. The van der Waals surface area contributed by atoms with Crippen LogP contribution in [0.1, 0.15) is 342 Å². The van der Waals surface area contributed by atoms with Gasteiger partial charge in [-0.2, -0.15) is 0 Å². The summed E-state index contributed by atoms with van der Waals surface area (Å²) in [7, 11) is -4.75. The molecule has 11 nitrogen and oxygen atoms in total. The number of hydrogen-bond acceptors (Lipinski definition) is 10. The Bertz CT molecular complexity index is 1480. The smallest absolute Gasteiger partial charge is 0.462 e. The van der Waals surface area contributed by atoms with Crippen LogP contribution >= 0.6 is 7.82 Å². The number of phosphoric ester groups is 1. The Labute approximate surface area is 492 Å². The lowest BCUT2D eigenvalue weighted by Crippen LogP contribution is -2.30. The number of carbonyl (C=O) groups is 3. The largest absolute Gasteiger partial charge is 0.472 e. The van der Waals surface area contributed by atoms with Gasteiger partial charge in [0.25, 0.3) is 0 Å². The molecule has 0 saturated heterocycles. The van der Waals surface area contributed by atoms with Crippen molar-refractivity contribution in [3.63, 3.8) is 0 Å². The van der Waals surface area contributed by atoms with Crippen molar-refractivity contribution < 1.29 is 52.2 Å². The molecule has 0 aliphatic heterocycles. The first-order valence-electron chi connectivity index (χ1n) is 33.9. The summed E-state index contributed by atoms with van der Waals surface area (Å²) < 4.78 is 39.8. The van der Waals surface area contributed by atoms with Gasteiger partial charge in [0.1, 0.15) is 12.7 Å². The number of rotatable bonds is 64. The Morgan fingerprint density at radius 1 is 0.350 bits per heavy atom. The second-order valence-electron chi connectivity index (χ2n) is 23.0. The molecular formula is C68H127O11P. The van der Waals surface area contributed by atoms with Crippen LogP contribution in [0.3, 0.4) is 0 Å². The van der Waals surface area contributed by atoms with E-state index in [4.69, 9.17) is 23.3 Å². The van der Waals surface area contributed by atoms with Gasteiger partial charge in [-0.25, -0.2) is 4.57 Å². The molecule has 0 aromatic carbocycles. The highest BCUT2D eigenvalue weighted by molar-refractivity contribution is 7.47. The summed E-state index contributed by atoms with van der Waals surface area (Å²) in [6.07, 6.45) is 68.0. The molecule has 0 radical (unpaired) electrons. The van der Waals surface area contributed by atoms with E-state index in [1.54, 1.807) is 0 Å². The van der Waals surface area contributed by atoms with Crippen molar-refractivity contribution in [3.8, 4) is 0 Å². The number of phosphoric acid groups is 1. The van der Waals surface area contributed by atoms with E-state index in [2.05, 4.69) is 57.2 Å². The molecule has 12 heteroatoms. The normalized spacial score (nSPS) is 13.4. The Kier molecular flexibility index (Phi) is 60.9. The van der Waals surface area contributed by atoms with Crippen molar-refractivity contribution in [2.24, 2.45) is 0 Å². The molecule has 2 N–H and O–H groups in total. The lowest BCUT2D eigenvalue weighted by molar-refractivity contribution is -0.161. The Morgan fingerprint density at radius 3 is 0.963 bits per heavy atom. The third-order valence-electron chi connectivity index (χ3n) is 15.0. The first-order valence-corrected chi connectivity index (χ1v) is 35.4. The molecule has 0 spiro atoms. The van der Waals surface area contributed by atoms with E-state index < -0.39 is 57.8 Å². The van der Waals surface area contributed by atoms with Crippen molar-refractivity contribution in [2.75, 3.05) is 26.4 Å². The van der Waals surface area contributed by atoms with Crippen molar-refractivity contribution in [1.82, 2.24) is 0 Å². The van der Waals surface area contributed by atoms with Gasteiger partial charge in [0.2, 0.25) is 0 Å². The molecule has 80 heavy (non-hydrogen) atoms. The summed E-state index contributed by atoms with van der Waals surface area (Å²) in [5, 5.41) is 9.87. The number of hydrogen-bond donors (Lipinski definition) is 2. The fourth-order valence-corrected chi connectivity index (χ4v) is 10.6. The summed E-state index contributed by atoms with van der Waals surface area (Å²) in [4.78, 5) is 48.8. The first kappa shape index (κ1) is 77.7. The maximum absolute atomic E-state index is 13.0. The van der Waals surface area contributed by atoms with Crippen LogP contribution in [0.4, 0.5) is 0 Å². The van der Waals surface area contributed by atoms with Crippen LogP contribution in [-0.4, -0.2) is 66.5 Å². The average molecular weight is 1150 g/mol. The molecule has 3 atom stereocenters. The van der Waals surface area contributed by atoms with Gasteiger partial charge in [-0.15, -0.1) is 0 Å². The summed E-state index contributed by atoms with van der Waals surface area (Å²) >= 11 is 0. The monoisotopic (exact) mass is 1150 g/mol. The number of aliphatic hydroxyl groups is 1. The Morgan fingerprint density at radius 2 is 0.613 bits per heavy atom. The van der Waals surface area contributed by atoms with Crippen LogP contribution in [0.25, 0.3) is 0 Å². The zero-order valence-electron chi connectivity index (χ0n) is 52.3. The molecule has 0 bridgehead atoms. The molecule has 0 fully saturated rings. The number of esters is 3. The minimum atomic E-state index is -4.75. The van der Waals surface area contributed by atoms with E-state index in [1.807, 2.05) is 0 Å². The van der Waals surface area contributed by atoms with Gasteiger partial charge in [0, 0.05) is 19.3 Å². The molecule has 0 aliphatic carbocycles. The van der Waals surface area contributed by atoms with Crippen LogP contribution in [0.2, 0.25) is 0 Å². The average Bonchev–Trinajstić information content (AvgIpc) is 3.45. The van der Waals surface area contributed by atoms with Gasteiger partial charge < -0.3 is 24.2 Å². The van der Waals surface area contributed by atoms with Crippen LogP contribution in [0.5, 0.6) is 0 Å². The molecule has 0 aromatic heterocycles. The summed E-state index contributed by atoms with van der Waals surface area (Å²) in [5.41, 5.74) is 0. The summed E-state index contributed by atoms with van der Waals surface area (Å²) in [6, 6.07) is 0. The fraction of sp³-hybridized carbons (Fsp3) is 0.868. The van der Waals surface area contributed by atoms with Crippen molar-refractivity contribution in [1.29, 1.82) is 0 Å². The molecule has 0 rings (SSSR count). The highest BCUT2D eigenvalue weighted by Crippen LogP contribution is 2.43. The number of ether oxygens (including phenoxy) is 3. The van der Waals surface area contributed by atoms with E-state index in [1.165, 1.54) is 205 Å². The number of carbonyl (C=O) groups excluding carboxylic acids is 3. The third-order valence-corrected chi connectivity index (χ3v) is 16.0. The van der Waals surface area contributed by atoms with Crippen LogP contribution in [-0.2, 0) is 42.2 Å². The number of unbranched alkanes of at least 4 members (excludes halogenated alkanes) is 41. The summed E-state index contributed by atoms with van der Waals surface area (Å²) in [6.45, 7) is 4.69. The molecular weight excluding hydrogens is 1020 g/mol. The lowest BCUT2D eigenvalue weighted by atomic mass is 10.0. The van der Waals surface area contributed by atoms with E-state index in [0.717, 1.165) is 77.0 Å². The summed E-state index contributed by atoms with van der Waals surface area (Å²) in [5.74, 6) is -1.45. The number of allylic oxidation sites excluding steroid dienone is 6. The second-order valence-corrected chi connectivity index (χ2v) is 24.4. The zero-order chi connectivity index (χ0) is 58.3.